The van der Waals surface area contributed by atoms with Crippen LogP contribution in [0.3, 0.4) is 0 Å². The molecule has 1 nitrogen and oxygen atoms in total. The van der Waals surface area contributed by atoms with E-state index in [1.807, 2.05) is 13.8 Å². The third kappa shape index (κ3) is 4.43. The summed E-state index contributed by atoms with van der Waals surface area (Å²) in [5.74, 6) is 0. The lowest BCUT2D eigenvalue weighted by Gasteiger charge is -2.33. The fourth-order valence-electron chi connectivity index (χ4n) is 4.64. The van der Waals surface area contributed by atoms with Crippen molar-refractivity contribution in [1.82, 2.24) is 0 Å². The van der Waals surface area contributed by atoms with Gasteiger partial charge in [-0.15, -0.1) is 0 Å². The third-order valence-corrected chi connectivity index (χ3v) is 6.32. The van der Waals surface area contributed by atoms with Gasteiger partial charge < -0.3 is 4.74 Å². The van der Waals surface area contributed by atoms with Crippen LogP contribution >= 0.6 is 0 Å². The molecule has 0 heterocycles. The van der Waals surface area contributed by atoms with E-state index < -0.39 is 0 Å². The Morgan fingerprint density at radius 2 is 1.52 bits per heavy atom. The number of hydrogen-bond acceptors (Lipinski definition) is 1. The maximum atomic E-state index is 4.83. The van der Waals surface area contributed by atoms with Crippen LogP contribution in [-0.2, 0) is 10.2 Å². The fourth-order valence-corrected chi connectivity index (χ4v) is 4.64. The zero-order valence-electron chi connectivity index (χ0n) is 18.9. The molecule has 0 amide bonds. The summed E-state index contributed by atoms with van der Waals surface area (Å²) in [6.45, 7) is 8.08. The largest absolute Gasteiger partial charge is 0.382 e. The van der Waals surface area contributed by atoms with Crippen molar-refractivity contribution in [2.75, 3.05) is 13.2 Å². The summed E-state index contributed by atoms with van der Waals surface area (Å²) in [4.78, 5) is 0. The molecule has 0 saturated heterocycles. The molecule has 1 aliphatic carbocycles. The van der Waals surface area contributed by atoms with Crippen LogP contribution in [-0.4, -0.2) is 13.2 Å². The molecule has 31 heavy (non-hydrogen) atoms. The van der Waals surface area contributed by atoms with E-state index >= 15 is 0 Å². The normalized spacial score (nSPS) is 17.5. The topological polar surface area (TPSA) is 9.23 Å². The highest BCUT2D eigenvalue weighted by atomic mass is 16.5. The van der Waals surface area contributed by atoms with Gasteiger partial charge in [-0.3, -0.25) is 0 Å². The van der Waals surface area contributed by atoms with Gasteiger partial charge in [-0.05, 0) is 64.6 Å². The van der Waals surface area contributed by atoms with Crippen molar-refractivity contribution in [2.45, 2.75) is 39.0 Å². The minimum absolute atomic E-state index is 0.149. The lowest BCUT2D eigenvalue weighted by atomic mass is 9.71. The predicted octanol–water partition coefficient (Wildman–Crippen LogP) is 7.30. The van der Waals surface area contributed by atoms with E-state index in [1.54, 1.807) is 0 Å². The monoisotopic (exact) mass is 408 g/mol. The molecule has 0 aliphatic heterocycles. The smallest absolute Gasteiger partial charge is 0.0437 e. The maximum absolute atomic E-state index is 4.83. The Labute approximate surface area is 186 Å². The minimum atomic E-state index is 0.149. The molecule has 1 atom stereocenters. The van der Waals surface area contributed by atoms with E-state index in [0.29, 0.717) is 0 Å². The number of benzene rings is 4. The van der Waals surface area contributed by atoms with Crippen LogP contribution in [0.4, 0.5) is 0 Å². The first kappa shape index (κ1) is 21.3. The van der Waals surface area contributed by atoms with Crippen molar-refractivity contribution in [3.63, 3.8) is 0 Å². The summed E-state index contributed by atoms with van der Waals surface area (Å²) < 4.78 is 4.83. The molecule has 1 unspecified atom stereocenters. The first-order valence-corrected chi connectivity index (χ1v) is 11.4. The van der Waals surface area contributed by atoms with Crippen molar-refractivity contribution in [3.05, 3.63) is 95.2 Å². The number of rotatable bonds is 5. The van der Waals surface area contributed by atoms with Crippen LogP contribution < -0.4 is 5.22 Å². The molecular formula is C30H32O. The standard InChI is InChI=1S/C26H22.C4H10O/c1-26(17-6-9-19-7-3-2-4-8-19)18-16-22-13-12-20-10-5-11-21-14-15-23(26)25(22)24(20)21;1-3-5-4-2/h2-16H,17-18H2,1H3;3-4H2,1-2H3/b9-6+;. The van der Waals surface area contributed by atoms with E-state index in [1.165, 1.54) is 37.9 Å². The molecule has 0 N–H and O–H groups in total. The van der Waals surface area contributed by atoms with Crippen LogP contribution in [0.15, 0.2) is 78.9 Å². The zero-order chi connectivity index (χ0) is 21.7. The number of allylic oxidation sites excluding steroid dienone is 1. The van der Waals surface area contributed by atoms with Crippen LogP contribution in [0.5, 0.6) is 0 Å². The summed E-state index contributed by atoms with van der Waals surface area (Å²) >= 11 is 0. The molecule has 4 aromatic carbocycles. The molecule has 0 fully saturated rings. The number of ether oxygens (including phenoxy) is 1. The predicted molar refractivity (Wildman–Crippen MR) is 135 cm³/mol. The van der Waals surface area contributed by atoms with Gasteiger partial charge in [-0.25, -0.2) is 0 Å². The molecule has 0 radical (unpaired) electrons. The van der Waals surface area contributed by atoms with Crippen LogP contribution in [0.2, 0.25) is 0 Å². The second-order valence-electron chi connectivity index (χ2n) is 8.49. The minimum Gasteiger partial charge on any atom is -0.382 e. The van der Waals surface area contributed by atoms with Gasteiger partial charge in [0.15, 0.2) is 0 Å². The van der Waals surface area contributed by atoms with Gasteiger partial charge in [0.25, 0.3) is 0 Å². The molecule has 0 aromatic heterocycles. The summed E-state index contributed by atoms with van der Waals surface area (Å²) in [6, 6.07) is 26.4. The quantitative estimate of drug-likeness (QED) is 0.337. The Balaban J connectivity index is 0.000000418. The van der Waals surface area contributed by atoms with Gasteiger partial charge in [0, 0.05) is 18.6 Å². The van der Waals surface area contributed by atoms with Gasteiger partial charge in [-0.2, -0.15) is 0 Å². The molecule has 1 aliphatic rings. The first-order chi connectivity index (χ1) is 15.2. The van der Waals surface area contributed by atoms with E-state index in [0.717, 1.165) is 26.1 Å². The third-order valence-electron chi connectivity index (χ3n) is 6.32. The van der Waals surface area contributed by atoms with Gasteiger partial charge in [0.1, 0.15) is 0 Å². The zero-order valence-corrected chi connectivity index (χ0v) is 18.9. The highest BCUT2D eigenvalue weighted by molar-refractivity contribution is 6.12. The lowest BCUT2D eigenvalue weighted by Crippen LogP contribution is -2.27. The van der Waals surface area contributed by atoms with E-state index in [2.05, 4.69) is 97.9 Å². The summed E-state index contributed by atoms with van der Waals surface area (Å²) in [7, 11) is 0. The highest BCUT2D eigenvalue weighted by Gasteiger charge is 2.29. The first-order valence-electron chi connectivity index (χ1n) is 11.4. The Morgan fingerprint density at radius 3 is 2.19 bits per heavy atom. The van der Waals surface area contributed by atoms with Crippen molar-refractivity contribution in [1.29, 1.82) is 0 Å². The second-order valence-corrected chi connectivity index (χ2v) is 8.49. The molecule has 0 saturated carbocycles. The van der Waals surface area contributed by atoms with Gasteiger partial charge in [-0.1, -0.05) is 97.9 Å². The number of hydrogen-bond donors (Lipinski definition) is 0. The Bertz CT molecular complexity index is 1220. The van der Waals surface area contributed by atoms with Gasteiger partial charge >= 0.3 is 0 Å². The molecule has 4 aromatic rings. The van der Waals surface area contributed by atoms with E-state index in [9.17, 15) is 0 Å². The van der Waals surface area contributed by atoms with Crippen molar-refractivity contribution < 1.29 is 4.74 Å². The van der Waals surface area contributed by atoms with Gasteiger partial charge in [0.05, 0.1) is 0 Å². The molecule has 158 valence electrons. The summed E-state index contributed by atoms with van der Waals surface area (Å²) in [5, 5.41) is 6.98. The second kappa shape index (κ2) is 9.49. The molecular weight excluding hydrogens is 376 g/mol. The summed E-state index contributed by atoms with van der Waals surface area (Å²) in [5.41, 5.74) is 2.92. The lowest BCUT2D eigenvalue weighted by molar-refractivity contribution is 0.162. The van der Waals surface area contributed by atoms with Crippen molar-refractivity contribution in [3.8, 4) is 0 Å². The molecule has 1 heteroatoms. The Morgan fingerprint density at radius 1 is 0.806 bits per heavy atom. The molecule has 5 rings (SSSR count). The SMILES string of the molecule is CC1(C/C=C/c2ccccc2)CC=c2ccc3cccc4ccc1c2c43.CCOCC. The summed E-state index contributed by atoms with van der Waals surface area (Å²) in [6.07, 6.45) is 9.17. The van der Waals surface area contributed by atoms with Crippen LogP contribution in [0, 0.1) is 0 Å². The van der Waals surface area contributed by atoms with E-state index in [-0.39, 0.29) is 5.41 Å². The fraction of sp³-hybridized carbons (Fsp3) is 0.267. The van der Waals surface area contributed by atoms with Crippen LogP contribution in [0.1, 0.15) is 44.7 Å². The van der Waals surface area contributed by atoms with Crippen molar-refractivity contribution >= 4 is 33.7 Å². The Hall–Kier alpha value is -2.90. The average Bonchev–Trinajstić information content (AvgIpc) is 2.80. The average molecular weight is 409 g/mol. The van der Waals surface area contributed by atoms with E-state index in [4.69, 9.17) is 4.74 Å². The van der Waals surface area contributed by atoms with Gasteiger partial charge in [0.2, 0.25) is 0 Å². The highest BCUT2D eigenvalue weighted by Crippen LogP contribution is 2.40. The maximum Gasteiger partial charge on any atom is 0.0437 e. The van der Waals surface area contributed by atoms with Crippen LogP contribution in [0.25, 0.3) is 33.7 Å². The molecule has 0 bridgehead atoms. The molecule has 0 spiro atoms. The Kier molecular flexibility index (Phi) is 6.53. The van der Waals surface area contributed by atoms with Crippen molar-refractivity contribution in [2.24, 2.45) is 0 Å².